The van der Waals surface area contributed by atoms with E-state index < -0.39 is 0 Å². The molecule has 0 aromatic carbocycles. The van der Waals surface area contributed by atoms with Gasteiger partial charge in [-0.2, -0.15) is 0 Å². The predicted octanol–water partition coefficient (Wildman–Crippen LogP) is 0.678. The summed E-state index contributed by atoms with van der Waals surface area (Å²) in [5.74, 6) is 0.802. The molecule has 6 nitrogen and oxygen atoms in total. The molecular formula is C11H16N6. The van der Waals surface area contributed by atoms with Crippen LogP contribution in [0.5, 0.6) is 0 Å². The topological polar surface area (TPSA) is 67.1 Å². The van der Waals surface area contributed by atoms with Gasteiger partial charge in [-0.15, -0.1) is 10.2 Å². The van der Waals surface area contributed by atoms with Gasteiger partial charge in [-0.3, -0.25) is 4.40 Å². The summed E-state index contributed by atoms with van der Waals surface area (Å²) in [4.78, 5) is 4.27. The summed E-state index contributed by atoms with van der Waals surface area (Å²) in [6.45, 7) is 1.97. The van der Waals surface area contributed by atoms with Gasteiger partial charge >= 0.3 is 0 Å². The number of hydrogen-bond acceptors (Lipinski definition) is 5. The molecule has 2 aromatic rings. The minimum atomic E-state index is 0.780. The number of aromatic nitrogens is 4. The molecule has 17 heavy (non-hydrogen) atoms. The summed E-state index contributed by atoms with van der Waals surface area (Å²) in [6.07, 6.45) is 9.04. The zero-order valence-corrected chi connectivity index (χ0v) is 9.63. The number of nitrogens with one attached hydrogen (secondary N) is 2. The van der Waals surface area contributed by atoms with Crippen molar-refractivity contribution in [1.82, 2.24) is 24.9 Å². The van der Waals surface area contributed by atoms with E-state index in [-0.39, 0.29) is 0 Å². The van der Waals surface area contributed by atoms with Crippen LogP contribution in [0.4, 0.5) is 5.82 Å². The van der Waals surface area contributed by atoms with E-state index in [1.165, 1.54) is 12.8 Å². The van der Waals surface area contributed by atoms with Crippen LogP contribution in [-0.2, 0) is 0 Å². The standard InChI is InChI=1S/C11H16N6/c1(4-12-9-2-3-9)5-13-10-11-16-15-8-17(11)7-6-14-10/h6-9,12H,1-5H2,(H,13,14). The smallest absolute Gasteiger partial charge is 0.203 e. The lowest BCUT2D eigenvalue weighted by Crippen LogP contribution is -2.20. The third-order valence-corrected chi connectivity index (χ3v) is 2.87. The van der Waals surface area contributed by atoms with Gasteiger partial charge in [0.15, 0.2) is 5.82 Å². The Bertz CT molecular complexity index is 489. The van der Waals surface area contributed by atoms with Crippen molar-refractivity contribution in [2.45, 2.75) is 25.3 Å². The summed E-state index contributed by atoms with van der Waals surface area (Å²) < 4.78 is 1.86. The molecule has 90 valence electrons. The van der Waals surface area contributed by atoms with Crippen molar-refractivity contribution in [2.24, 2.45) is 0 Å². The third kappa shape index (κ3) is 2.52. The van der Waals surface area contributed by atoms with Crippen LogP contribution < -0.4 is 10.6 Å². The molecule has 0 bridgehead atoms. The number of fused-ring (bicyclic) bond motifs is 1. The minimum Gasteiger partial charge on any atom is -0.367 e. The maximum Gasteiger partial charge on any atom is 0.203 e. The van der Waals surface area contributed by atoms with Gasteiger partial charge in [0.25, 0.3) is 0 Å². The van der Waals surface area contributed by atoms with Crippen molar-refractivity contribution in [3.05, 3.63) is 18.7 Å². The highest BCUT2D eigenvalue weighted by Gasteiger charge is 2.19. The zero-order valence-electron chi connectivity index (χ0n) is 9.63. The Morgan fingerprint density at radius 2 is 2.29 bits per heavy atom. The highest BCUT2D eigenvalue weighted by molar-refractivity contribution is 5.61. The number of hydrogen-bond donors (Lipinski definition) is 2. The second-order valence-electron chi connectivity index (χ2n) is 4.35. The van der Waals surface area contributed by atoms with Crippen molar-refractivity contribution in [2.75, 3.05) is 18.4 Å². The quantitative estimate of drug-likeness (QED) is 0.717. The van der Waals surface area contributed by atoms with E-state index in [1.54, 1.807) is 12.5 Å². The molecule has 0 amide bonds. The summed E-state index contributed by atoms with van der Waals surface area (Å²) in [6, 6.07) is 0.785. The molecule has 0 aliphatic heterocycles. The van der Waals surface area contributed by atoms with E-state index in [1.807, 2.05) is 10.6 Å². The van der Waals surface area contributed by atoms with Gasteiger partial charge in [-0.25, -0.2) is 4.98 Å². The largest absolute Gasteiger partial charge is 0.367 e. The summed E-state index contributed by atoms with van der Waals surface area (Å²) in [5, 5.41) is 14.7. The summed E-state index contributed by atoms with van der Waals surface area (Å²) in [7, 11) is 0. The predicted molar refractivity (Wildman–Crippen MR) is 64.9 cm³/mol. The van der Waals surface area contributed by atoms with Crippen LogP contribution in [0.2, 0.25) is 0 Å². The Morgan fingerprint density at radius 3 is 3.18 bits per heavy atom. The average molecular weight is 232 g/mol. The van der Waals surface area contributed by atoms with Crippen molar-refractivity contribution < 1.29 is 0 Å². The number of nitrogens with zero attached hydrogens (tertiary/aromatic N) is 4. The molecule has 0 spiro atoms. The fourth-order valence-corrected chi connectivity index (χ4v) is 1.77. The Labute approximate surface area is 99.5 Å². The van der Waals surface area contributed by atoms with E-state index in [0.717, 1.165) is 37.0 Å². The lowest BCUT2D eigenvalue weighted by atomic mass is 10.4. The Kier molecular flexibility index (Phi) is 2.87. The Morgan fingerprint density at radius 1 is 1.35 bits per heavy atom. The van der Waals surface area contributed by atoms with Crippen LogP contribution in [0.3, 0.4) is 0 Å². The number of anilines is 1. The van der Waals surface area contributed by atoms with Crippen LogP contribution >= 0.6 is 0 Å². The maximum atomic E-state index is 4.27. The highest BCUT2D eigenvalue weighted by atomic mass is 15.2. The van der Waals surface area contributed by atoms with Gasteiger partial charge in [0.1, 0.15) is 6.33 Å². The van der Waals surface area contributed by atoms with Crippen molar-refractivity contribution >= 4 is 11.5 Å². The molecule has 3 rings (SSSR count). The molecule has 0 unspecified atom stereocenters. The van der Waals surface area contributed by atoms with Crippen molar-refractivity contribution in [1.29, 1.82) is 0 Å². The van der Waals surface area contributed by atoms with E-state index in [9.17, 15) is 0 Å². The van der Waals surface area contributed by atoms with Gasteiger partial charge < -0.3 is 10.6 Å². The molecule has 0 saturated heterocycles. The van der Waals surface area contributed by atoms with E-state index in [0.29, 0.717) is 0 Å². The second-order valence-corrected chi connectivity index (χ2v) is 4.35. The zero-order chi connectivity index (χ0) is 11.5. The Balaban J connectivity index is 1.51. The molecule has 2 N–H and O–H groups in total. The Hall–Kier alpha value is -1.69. The van der Waals surface area contributed by atoms with E-state index in [4.69, 9.17) is 0 Å². The lowest BCUT2D eigenvalue weighted by Gasteiger charge is -2.06. The summed E-state index contributed by atoms with van der Waals surface area (Å²) >= 11 is 0. The normalized spacial score (nSPS) is 15.3. The van der Waals surface area contributed by atoms with Crippen LogP contribution in [0.15, 0.2) is 18.7 Å². The van der Waals surface area contributed by atoms with E-state index >= 15 is 0 Å². The maximum absolute atomic E-state index is 4.27. The first-order valence-electron chi connectivity index (χ1n) is 6.05. The number of rotatable bonds is 6. The van der Waals surface area contributed by atoms with Gasteiger partial charge in [0.2, 0.25) is 5.65 Å². The molecule has 1 fully saturated rings. The van der Waals surface area contributed by atoms with Crippen molar-refractivity contribution in [3.8, 4) is 0 Å². The first-order chi connectivity index (χ1) is 8.43. The second kappa shape index (κ2) is 4.67. The van der Waals surface area contributed by atoms with E-state index in [2.05, 4.69) is 25.8 Å². The molecular weight excluding hydrogens is 216 g/mol. The molecule has 0 atom stereocenters. The van der Waals surface area contributed by atoms with Crippen molar-refractivity contribution in [3.63, 3.8) is 0 Å². The monoisotopic (exact) mass is 232 g/mol. The molecule has 2 aromatic heterocycles. The van der Waals surface area contributed by atoms with Gasteiger partial charge in [-0.05, 0) is 25.8 Å². The first-order valence-corrected chi connectivity index (χ1v) is 6.05. The molecule has 0 radical (unpaired) electrons. The molecule has 1 aliphatic rings. The highest BCUT2D eigenvalue weighted by Crippen LogP contribution is 2.18. The fraction of sp³-hybridized carbons (Fsp3) is 0.545. The fourth-order valence-electron chi connectivity index (χ4n) is 1.77. The van der Waals surface area contributed by atoms with Crippen LogP contribution in [-0.4, -0.2) is 38.7 Å². The van der Waals surface area contributed by atoms with Gasteiger partial charge in [-0.1, -0.05) is 0 Å². The van der Waals surface area contributed by atoms with Crippen LogP contribution in [0.25, 0.3) is 5.65 Å². The molecule has 6 heteroatoms. The van der Waals surface area contributed by atoms with Gasteiger partial charge in [0, 0.05) is 25.0 Å². The average Bonchev–Trinajstić information content (AvgIpc) is 3.04. The summed E-state index contributed by atoms with van der Waals surface area (Å²) in [5.41, 5.74) is 0.780. The van der Waals surface area contributed by atoms with Crippen LogP contribution in [0.1, 0.15) is 19.3 Å². The first kappa shape index (κ1) is 10.5. The van der Waals surface area contributed by atoms with Gasteiger partial charge in [0.05, 0.1) is 0 Å². The molecule has 2 heterocycles. The third-order valence-electron chi connectivity index (χ3n) is 2.87. The lowest BCUT2D eigenvalue weighted by molar-refractivity contribution is 0.658. The van der Waals surface area contributed by atoms with Crippen LogP contribution in [0, 0.1) is 0 Å². The SMILES string of the molecule is c1cn2cnnc2c(NCCCNC2CC2)n1. The minimum absolute atomic E-state index is 0.780. The molecule has 1 aliphatic carbocycles. The molecule has 1 saturated carbocycles.